The lowest BCUT2D eigenvalue weighted by Gasteiger charge is -2.05. The van der Waals surface area contributed by atoms with Crippen LogP contribution >= 0.6 is 22.7 Å². The van der Waals surface area contributed by atoms with Crippen molar-refractivity contribution in [3.8, 4) is 0 Å². The van der Waals surface area contributed by atoms with Gasteiger partial charge in [0.1, 0.15) is 0 Å². The van der Waals surface area contributed by atoms with Crippen molar-refractivity contribution >= 4 is 28.6 Å². The molecule has 1 N–H and O–H groups in total. The highest BCUT2D eigenvalue weighted by molar-refractivity contribution is 7.14. The highest BCUT2D eigenvalue weighted by Gasteiger charge is 2.21. The molecule has 0 aromatic carbocycles. The van der Waals surface area contributed by atoms with Gasteiger partial charge in [-0.2, -0.15) is 4.98 Å². The molecule has 1 aliphatic rings. The average molecular weight is 375 g/mol. The molecule has 1 aliphatic heterocycles. The van der Waals surface area contributed by atoms with Crippen molar-refractivity contribution in [3.05, 3.63) is 56.0 Å². The zero-order valence-corrected chi connectivity index (χ0v) is 15.1. The summed E-state index contributed by atoms with van der Waals surface area (Å²) in [7, 11) is 0. The molecule has 0 unspecified atom stereocenters. The Bertz CT molecular complexity index is 835. The maximum Gasteiger partial charge on any atom is 0.261 e. The predicted molar refractivity (Wildman–Crippen MR) is 94.8 cm³/mol. The molecule has 1 fully saturated rings. The second kappa shape index (κ2) is 7.47. The minimum atomic E-state index is -0.132. The first-order valence-electron chi connectivity index (χ1n) is 8.11. The smallest absolute Gasteiger partial charge is 0.261 e. The molecule has 0 spiro atoms. The quantitative estimate of drug-likeness (QED) is 0.713. The molecule has 6 nitrogen and oxygen atoms in total. The second-order valence-electron chi connectivity index (χ2n) is 5.75. The average Bonchev–Trinajstić information content (AvgIpc) is 3.39. The molecule has 0 aliphatic carbocycles. The SMILES string of the molecule is O=C(NCc1nc(Cc2cccs2)no1)c1ccc([C@H]2CCCO2)s1. The molecule has 3 aromatic heterocycles. The van der Waals surface area contributed by atoms with Crippen LogP contribution in [0.1, 0.15) is 50.1 Å². The highest BCUT2D eigenvalue weighted by atomic mass is 32.1. The Labute approximate surface area is 152 Å². The number of rotatable bonds is 6. The van der Waals surface area contributed by atoms with Gasteiger partial charge in [-0.25, -0.2) is 0 Å². The van der Waals surface area contributed by atoms with E-state index in [-0.39, 0.29) is 18.6 Å². The van der Waals surface area contributed by atoms with Gasteiger partial charge in [0.2, 0.25) is 5.89 Å². The van der Waals surface area contributed by atoms with Crippen LogP contribution in [0.3, 0.4) is 0 Å². The van der Waals surface area contributed by atoms with Gasteiger partial charge in [-0.1, -0.05) is 11.2 Å². The summed E-state index contributed by atoms with van der Waals surface area (Å²) in [4.78, 5) is 19.6. The number of hydrogen-bond donors (Lipinski definition) is 1. The molecule has 0 saturated carbocycles. The Morgan fingerprint density at radius 2 is 2.32 bits per heavy atom. The van der Waals surface area contributed by atoms with E-state index in [1.807, 2.05) is 29.6 Å². The molecule has 3 aromatic rings. The molecule has 1 atom stereocenters. The van der Waals surface area contributed by atoms with Crippen LogP contribution in [0.4, 0.5) is 0 Å². The Kier molecular flexibility index (Phi) is 4.91. The summed E-state index contributed by atoms with van der Waals surface area (Å²) in [6.45, 7) is 1.03. The summed E-state index contributed by atoms with van der Waals surface area (Å²) >= 11 is 3.13. The number of nitrogens with zero attached hydrogens (tertiary/aromatic N) is 2. The van der Waals surface area contributed by atoms with Crippen LogP contribution < -0.4 is 5.32 Å². The number of nitrogens with one attached hydrogen (secondary N) is 1. The molecule has 0 bridgehead atoms. The minimum absolute atomic E-state index is 0.132. The lowest BCUT2D eigenvalue weighted by Crippen LogP contribution is -2.21. The molecule has 8 heteroatoms. The predicted octanol–water partition coefficient (Wildman–Crippen LogP) is 3.56. The fraction of sp³-hybridized carbons (Fsp3) is 0.353. The van der Waals surface area contributed by atoms with Gasteiger partial charge >= 0.3 is 0 Å². The topological polar surface area (TPSA) is 77.3 Å². The summed E-state index contributed by atoms with van der Waals surface area (Å²) in [5, 5.41) is 8.80. The standard InChI is InChI=1S/C17H17N3O3S2/c21-17(14-6-5-13(25-14)12-4-1-7-22-12)18-10-16-19-15(20-23-16)9-11-3-2-8-24-11/h2-3,5-6,8,12H,1,4,7,9-10H2,(H,18,21)/t12-/m1/s1. The first-order valence-corrected chi connectivity index (χ1v) is 9.81. The maximum absolute atomic E-state index is 12.3. The normalized spacial score (nSPS) is 17.0. The van der Waals surface area contributed by atoms with Gasteiger partial charge < -0.3 is 14.6 Å². The van der Waals surface area contributed by atoms with Gasteiger partial charge in [-0.05, 0) is 36.4 Å². The van der Waals surface area contributed by atoms with Crippen molar-refractivity contribution in [2.45, 2.75) is 31.9 Å². The molecular formula is C17H17N3O3S2. The van der Waals surface area contributed by atoms with E-state index in [0.717, 1.165) is 24.3 Å². The number of thiophene rings is 2. The lowest BCUT2D eigenvalue weighted by molar-refractivity contribution is 0.0950. The highest BCUT2D eigenvalue weighted by Crippen LogP contribution is 2.33. The van der Waals surface area contributed by atoms with Gasteiger partial charge in [0, 0.05) is 22.8 Å². The number of carbonyl (C=O) groups is 1. The molecule has 130 valence electrons. The van der Waals surface area contributed by atoms with Crippen molar-refractivity contribution in [2.24, 2.45) is 0 Å². The fourth-order valence-corrected chi connectivity index (χ4v) is 4.41. The van der Waals surface area contributed by atoms with E-state index >= 15 is 0 Å². The summed E-state index contributed by atoms with van der Waals surface area (Å²) in [5.41, 5.74) is 0. The van der Waals surface area contributed by atoms with E-state index < -0.39 is 0 Å². The van der Waals surface area contributed by atoms with Crippen LogP contribution in [0.15, 0.2) is 34.2 Å². The van der Waals surface area contributed by atoms with Crippen molar-refractivity contribution in [1.82, 2.24) is 15.5 Å². The second-order valence-corrected chi connectivity index (χ2v) is 7.89. The van der Waals surface area contributed by atoms with Crippen LogP contribution in [0, 0.1) is 0 Å². The third-order valence-corrected chi connectivity index (χ3v) is 5.97. The largest absolute Gasteiger partial charge is 0.373 e. The van der Waals surface area contributed by atoms with E-state index in [2.05, 4.69) is 15.5 Å². The van der Waals surface area contributed by atoms with Crippen LogP contribution in [-0.2, 0) is 17.7 Å². The van der Waals surface area contributed by atoms with Gasteiger partial charge in [-0.15, -0.1) is 22.7 Å². The molecule has 0 radical (unpaired) electrons. The summed E-state index contributed by atoms with van der Waals surface area (Å²) in [5.74, 6) is 0.909. The molecule has 4 heterocycles. The van der Waals surface area contributed by atoms with Crippen LogP contribution in [-0.4, -0.2) is 22.7 Å². The van der Waals surface area contributed by atoms with Crippen LogP contribution in [0.2, 0.25) is 0 Å². The first kappa shape index (κ1) is 16.4. The summed E-state index contributed by atoms with van der Waals surface area (Å²) in [6, 6.07) is 7.84. The van der Waals surface area contributed by atoms with Crippen molar-refractivity contribution in [3.63, 3.8) is 0 Å². The Morgan fingerprint density at radius 3 is 3.12 bits per heavy atom. The van der Waals surface area contributed by atoms with Crippen LogP contribution in [0.5, 0.6) is 0 Å². The monoisotopic (exact) mass is 375 g/mol. The van der Waals surface area contributed by atoms with Gasteiger partial charge in [0.05, 0.1) is 17.5 Å². The van der Waals surface area contributed by atoms with E-state index in [0.29, 0.717) is 23.0 Å². The van der Waals surface area contributed by atoms with Crippen molar-refractivity contribution in [1.29, 1.82) is 0 Å². The number of hydrogen-bond acceptors (Lipinski definition) is 7. The summed E-state index contributed by atoms with van der Waals surface area (Å²) in [6.07, 6.45) is 2.89. The zero-order valence-electron chi connectivity index (χ0n) is 13.4. The van der Waals surface area contributed by atoms with Gasteiger partial charge in [0.15, 0.2) is 5.82 Å². The molecule has 1 saturated heterocycles. The van der Waals surface area contributed by atoms with Crippen LogP contribution in [0.25, 0.3) is 0 Å². The number of carbonyl (C=O) groups excluding carboxylic acids is 1. The molecule has 1 amide bonds. The van der Waals surface area contributed by atoms with E-state index in [1.165, 1.54) is 16.2 Å². The summed E-state index contributed by atoms with van der Waals surface area (Å²) < 4.78 is 10.9. The number of ether oxygens (including phenoxy) is 1. The van der Waals surface area contributed by atoms with Gasteiger partial charge in [0.25, 0.3) is 5.91 Å². The molecule has 25 heavy (non-hydrogen) atoms. The van der Waals surface area contributed by atoms with E-state index in [1.54, 1.807) is 11.3 Å². The molecule has 4 rings (SSSR count). The van der Waals surface area contributed by atoms with Crippen molar-refractivity contribution < 1.29 is 14.1 Å². The first-order chi connectivity index (χ1) is 12.3. The third-order valence-electron chi connectivity index (χ3n) is 3.92. The zero-order chi connectivity index (χ0) is 17.1. The van der Waals surface area contributed by atoms with Gasteiger partial charge in [-0.3, -0.25) is 4.79 Å². The fourth-order valence-electron chi connectivity index (χ4n) is 2.70. The number of aromatic nitrogens is 2. The van der Waals surface area contributed by atoms with Crippen molar-refractivity contribution in [2.75, 3.05) is 6.61 Å². The Balaban J connectivity index is 1.32. The number of amides is 1. The Morgan fingerprint density at radius 1 is 1.36 bits per heavy atom. The van der Waals surface area contributed by atoms with E-state index in [4.69, 9.17) is 9.26 Å². The Hall–Kier alpha value is -2.03. The maximum atomic E-state index is 12.3. The third kappa shape index (κ3) is 3.97. The molecular weight excluding hydrogens is 358 g/mol. The van der Waals surface area contributed by atoms with E-state index in [9.17, 15) is 4.79 Å². The lowest BCUT2D eigenvalue weighted by atomic mass is 10.2. The minimum Gasteiger partial charge on any atom is -0.373 e.